The largest absolute Gasteiger partial charge is 0.469 e. The molecule has 286 valence electrons. The maximum Gasteiger partial charge on any atom is 0.469 e. The van der Waals surface area contributed by atoms with Crippen molar-refractivity contribution in [2.45, 2.75) is 219 Å². The van der Waals surface area contributed by atoms with Gasteiger partial charge >= 0.3 is 19.8 Å². The van der Waals surface area contributed by atoms with Crippen LogP contribution in [0.2, 0.25) is 0 Å². The van der Waals surface area contributed by atoms with Crippen molar-refractivity contribution < 1.29 is 37.9 Å². The number of rotatable bonds is 37. The summed E-state index contributed by atoms with van der Waals surface area (Å²) in [6, 6.07) is 0. The first-order chi connectivity index (χ1) is 23.1. The van der Waals surface area contributed by atoms with Crippen molar-refractivity contribution in [2.75, 3.05) is 13.2 Å². The zero-order valence-corrected chi connectivity index (χ0v) is 32.5. The minimum Gasteiger partial charge on any atom is -0.462 e. The molecule has 0 saturated carbocycles. The van der Waals surface area contributed by atoms with Gasteiger partial charge in [-0.2, -0.15) is 0 Å². The molecule has 0 saturated heterocycles. The van der Waals surface area contributed by atoms with E-state index in [1.165, 1.54) is 135 Å². The van der Waals surface area contributed by atoms with E-state index in [0.717, 1.165) is 44.4 Å². The number of phosphoric acid groups is 1. The number of phosphoric ester groups is 1. The standard InChI is InChI=1S/C39H77O8P/c1-4-5-6-7-8-9-10-11-12-13-14-15-16-17-20-23-26-29-32-38(40)45-34-37(35-46-48(42,43)44)47-39(41)33-30-27-24-21-18-19-22-25-28-31-36(2)3/h36-37H,4-35H2,1-3H3,(H2,42,43,44)/t37-/m1/s1. The average Bonchev–Trinajstić information content (AvgIpc) is 3.03. The first-order valence-electron chi connectivity index (χ1n) is 20.2. The van der Waals surface area contributed by atoms with Crippen molar-refractivity contribution in [2.24, 2.45) is 5.92 Å². The first-order valence-corrected chi connectivity index (χ1v) is 21.7. The van der Waals surface area contributed by atoms with E-state index in [9.17, 15) is 14.2 Å². The number of unbranched alkanes of at least 4 members (excludes halogenated alkanes) is 25. The minimum absolute atomic E-state index is 0.217. The van der Waals surface area contributed by atoms with Crippen LogP contribution in [0, 0.1) is 5.92 Å². The van der Waals surface area contributed by atoms with Crippen molar-refractivity contribution in [1.29, 1.82) is 0 Å². The van der Waals surface area contributed by atoms with Gasteiger partial charge in [-0.05, 0) is 18.8 Å². The van der Waals surface area contributed by atoms with Crippen LogP contribution in [0.5, 0.6) is 0 Å². The molecule has 0 aliphatic heterocycles. The Bertz CT molecular complexity index is 769. The Morgan fingerprint density at radius 2 is 0.875 bits per heavy atom. The highest BCUT2D eigenvalue weighted by Crippen LogP contribution is 2.36. The van der Waals surface area contributed by atoms with Crippen LogP contribution in [0.3, 0.4) is 0 Å². The zero-order chi connectivity index (χ0) is 35.6. The third-order valence-electron chi connectivity index (χ3n) is 9.05. The molecule has 8 nitrogen and oxygen atoms in total. The molecule has 2 N–H and O–H groups in total. The molecule has 0 aromatic carbocycles. The maximum atomic E-state index is 12.3. The fraction of sp³-hybridized carbons (Fsp3) is 0.949. The third kappa shape index (κ3) is 37.9. The van der Waals surface area contributed by atoms with E-state index in [1.54, 1.807) is 0 Å². The van der Waals surface area contributed by atoms with Gasteiger partial charge in [-0.15, -0.1) is 0 Å². The molecule has 0 amide bonds. The van der Waals surface area contributed by atoms with Gasteiger partial charge in [-0.1, -0.05) is 188 Å². The molecular weight excluding hydrogens is 627 g/mol. The number of esters is 2. The van der Waals surface area contributed by atoms with Crippen LogP contribution >= 0.6 is 7.82 Å². The summed E-state index contributed by atoms with van der Waals surface area (Å²) < 4.78 is 26.3. The van der Waals surface area contributed by atoms with Crippen molar-refractivity contribution in [1.82, 2.24) is 0 Å². The summed E-state index contributed by atoms with van der Waals surface area (Å²) in [4.78, 5) is 42.7. The molecule has 0 aromatic heterocycles. The van der Waals surface area contributed by atoms with Crippen LogP contribution < -0.4 is 0 Å². The summed E-state index contributed by atoms with van der Waals surface area (Å²) in [6.45, 7) is 6.00. The summed E-state index contributed by atoms with van der Waals surface area (Å²) >= 11 is 0. The molecule has 0 radical (unpaired) electrons. The molecule has 0 aromatic rings. The Balaban J connectivity index is 3.86. The van der Waals surface area contributed by atoms with E-state index in [0.29, 0.717) is 6.42 Å². The van der Waals surface area contributed by atoms with Gasteiger partial charge in [0.05, 0.1) is 6.61 Å². The smallest absolute Gasteiger partial charge is 0.462 e. The lowest BCUT2D eigenvalue weighted by atomic mass is 10.0. The number of carbonyl (C=O) groups is 2. The third-order valence-corrected chi connectivity index (χ3v) is 9.54. The van der Waals surface area contributed by atoms with Gasteiger partial charge in [0.25, 0.3) is 0 Å². The van der Waals surface area contributed by atoms with E-state index < -0.39 is 32.5 Å². The molecule has 0 fully saturated rings. The molecule has 48 heavy (non-hydrogen) atoms. The molecule has 0 bridgehead atoms. The van der Waals surface area contributed by atoms with Gasteiger partial charge in [0, 0.05) is 12.8 Å². The van der Waals surface area contributed by atoms with Crippen LogP contribution in [-0.4, -0.2) is 41.0 Å². The van der Waals surface area contributed by atoms with E-state index in [1.807, 2.05) is 0 Å². The van der Waals surface area contributed by atoms with E-state index in [2.05, 4.69) is 25.3 Å². The lowest BCUT2D eigenvalue weighted by Gasteiger charge is -2.18. The van der Waals surface area contributed by atoms with Crippen LogP contribution in [-0.2, 0) is 28.2 Å². The lowest BCUT2D eigenvalue weighted by molar-refractivity contribution is -0.161. The van der Waals surface area contributed by atoms with Crippen molar-refractivity contribution in [3.63, 3.8) is 0 Å². The van der Waals surface area contributed by atoms with E-state index in [4.69, 9.17) is 19.3 Å². The van der Waals surface area contributed by atoms with Crippen LogP contribution in [0.1, 0.15) is 213 Å². The summed E-state index contributed by atoms with van der Waals surface area (Å²) in [6.07, 6.45) is 34.1. The fourth-order valence-electron chi connectivity index (χ4n) is 6.03. The first kappa shape index (κ1) is 47.0. The predicted molar refractivity (Wildman–Crippen MR) is 198 cm³/mol. The number of carbonyl (C=O) groups excluding carboxylic acids is 2. The highest BCUT2D eigenvalue weighted by Gasteiger charge is 2.22. The second-order valence-corrected chi connectivity index (χ2v) is 15.7. The Morgan fingerprint density at radius 1 is 0.521 bits per heavy atom. The van der Waals surface area contributed by atoms with Gasteiger partial charge < -0.3 is 19.3 Å². The van der Waals surface area contributed by atoms with Crippen molar-refractivity contribution in [3.8, 4) is 0 Å². The number of hydrogen-bond acceptors (Lipinski definition) is 6. The van der Waals surface area contributed by atoms with Gasteiger partial charge in [-0.25, -0.2) is 4.57 Å². The zero-order valence-electron chi connectivity index (χ0n) is 31.6. The average molecular weight is 705 g/mol. The second-order valence-electron chi connectivity index (χ2n) is 14.5. The van der Waals surface area contributed by atoms with Crippen LogP contribution in [0.4, 0.5) is 0 Å². The Morgan fingerprint density at radius 3 is 1.25 bits per heavy atom. The molecule has 0 spiro atoms. The summed E-state index contributed by atoms with van der Waals surface area (Å²) in [5.74, 6) is -0.0866. The maximum absolute atomic E-state index is 12.3. The van der Waals surface area contributed by atoms with Gasteiger partial charge in [0.2, 0.25) is 0 Å². The molecule has 0 heterocycles. The fourth-order valence-corrected chi connectivity index (χ4v) is 6.39. The van der Waals surface area contributed by atoms with Crippen molar-refractivity contribution >= 4 is 19.8 Å². The highest BCUT2D eigenvalue weighted by molar-refractivity contribution is 7.46. The van der Waals surface area contributed by atoms with E-state index in [-0.39, 0.29) is 19.4 Å². The Hall–Kier alpha value is -0.950. The summed E-state index contributed by atoms with van der Waals surface area (Å²) in [7, 11) is -4.74. The number of hydrogen-bond donors (Lipinski definition) is 2. The molecule has 0 rings (SSSR count). The Kier molecular flexibility index (Phi) is 33.8. The normalized spacial score (nSPS) is 12.5. The van der Waals surface area contributed by atoms with Crippen molar-refractivity contribution in [3.05, 3.63) is 0 Å². The molecule has 1 atom stereocenters. The molecule has 0 aliphatic rings. The molecule has 9 heteroatoms. The monoisotopic (exact) mass is 705 g/mol. The minimum atomic E-state index is -4.74. The van der Waals surface area contributed by atoms with E-state index >= 15 is 0 Å². The Labute approximate surface area is 295 Å². The number of ether oxygens (including phenoxy) is 2. The molecule has 0 aliphatic carbocycles. The van der Waals surface area contributed by atoms with Crippen LogP contribution in [0.25, 0.3) is 0 Å². The topological polar surface area (TPSA) is 119 Å². The SMILES string of the molecule is CCCCCCCCCCCCCCCCCCCCC(=O)OC[C@H](COP(=O)(O)O)OC(=O)CCCCCCCCCCCC(C)C. The quantitative estimate of drug-likeness (QED) is 0.0372. The predicted octanol–water partition coefficient (Wildman–Crippen LogP) is 11.9. The van der Waals surface area contributed by atoms with Gasteiger partial charge in [0.15, 0.2) is 6.10 Å². The molecule has 0 unspecified atom stereocenters. The summed E-state index contributed by atoms with van der Waals surface area (Å²) in [5, 5.41) is 0. The highest BCUT2D eigenvalue weighted by atomic mass is 31.2. The van der Waals surface area contributed by atoms with Gasteiger partial charge in [-0.3, -0.25) is 14.1 Å². The summed E-state index contributed by atoms with van der Waals surface area (Å²) in [5.41, 5.74) is 0. The molecular formula is C39H77O8P. The second kappa shape index (κ2) is 34.5. The lowest BCUT2D eigenvalue weighted by Crippen LogP contribution is -2.29. The van der Waals surface area contributed by atoms with Crippen LogP contribution in [0.15, 0.2) is 0 Å². The van der Waals surface area contributed by atoms with Gasteiger partial charge in [0.1, 0.15) is 6.61 Å².